The number of benzene rings is 2. The third kappa shape index (κ3) is 8.51. The van der Waals surface area contributed by atoms with Crippen LogP contribution in [0.2, 0.25) is 0 Å². The number of pyridine rings is 1. The van der Waals surface area contributed by atoms with Gasteiger partial charge in [0.05, 0.1) is 34.2 Å². The van der Waals surface area contributed by atoms with E-state index in [1.165, 1.54) is 11.1 Å². The molecule has 1 heterocycles. The van der Waals surface area contributed by atoms with Gasteiger partial charge in [-0.25, -0.2) is 4.98 Å². The second-order valence-electron chi connectivity index (χ2n) is 9.12. The molecule has 0 bridgehead atoms. The molecule has 3 rings (SSSR count). The van der Waals surface area contributed by atoms with Crippen LogP contribution in [0.3, 0.4) is 0 Å². The average Bonchev–Trinajstić information content (AvgIpc) is 2.83. The van der Waals surface area contributed by atoms with E-state index >= 15 is 0 Å². The molecule has 0 spiro atoms. The van der Waals surface area contributed by atoms with Crippen LogP contribution in [-0.2, 0) is 17.1 Å². The van der Waals surface area contributed by atoms with Gasteiger partial charge in [0.2, 0.25) is 0 Å². The van der Waals surface area contributed by atoms with E-state index in [9.17, 15) is 0 Å². The normalized spacial score (nSPS) is 11.4. The SMILES string of the molecule is C=Cc1cccc(/N=C(\C)c2cccc(/C(C)=N/c3c(C(C)C)ccc(C=C)c3C(C)C)n2)c1.[Cl-].[Cl-].[Fe+2]. The van der Waals surface area contributed by atoms with E-state index in [-0.39, 0.29) is 41.9 Å². The number of nitrogens with zero attached hydrogens (tertiary/aromatic N) is 3. The number of aromatic nitrogens is 1. The molecule has 0 atom stereocenters. The fourth-order valence-electron chi connectivity index (χ4n) is 4.05. The molecule has 1 aromatic heterocycles. The number of halogens is 2. The van der Waals surface area contributed by atoms with Gasteiger partial charge in [-0.1, -0.05) is 83.3 Å². The molecule has 3 aromatic rings. The van der Waals surface area contributed by atoms with Crippen molar-refractivity contribution in [2.45, 2.75) is 53.4 Å². The van der Waals surface area contributed by atoms with Gasteiger partial charge < -0.3 is 24.8 Å². The fraction of sp³-hybridized carbons (Fsp3) is 0.258. The van der Waals surface area contributed by atoms with Gasteiger partial charge in [0.1, 0.15) is 0 Å². The number of aliphatic imine (C=N–C) groups is 2. The summed E-state index contributed by atoms with van der Waals surface area (Å²) >= 11 is 0. The van der Waals surface area contributed by atoms with Crippen LogP contribution in [0.1, 0.15) is 87.0 Å². The summed E-state index contributed by atoms with van der Waals surface area (Å²) in [6.07, 6.45) is 3.75. The Morgan fingerprint density at radius 2 is 1.38 bits per heavy atom. The third-order valence-electron chi connectivity index (χ3n) is 5.87. The van der Waals surface area contributed by atoms with Gasteiger partial charge >= 0.3 is 17.1 Å². The smallest absolute Gasteiger partial charge is 1.00 e. The van der Waals surface area contributed by atoms with E-state index in [0.29, 0.717) is 11.8 Å². The Labute approximate surface area is 245 Å². The van der Waals surface area contributed by atoms with E-state index in [1.807, 2.05) is 68.5 Å². The van der Waals surface area contributed by atoms with E-state index in [1.54, 1.807) is 0 Å². The first-order chi connectivity index (χ1) is 16.2. The first-order valence-electron chi connectivity index (χ1n) is 11.8. The molecular weight excluding hydrogens is 541 g/mol. The van der Waals surface area contributed by atoms with Gasteiger partial charge in [0, 0.05) is 0 Å². The molecule has 0 fully saturated rings. The average molecular weight is 576 g/mol. The number of hydrogen-bond acceptors (Lipinski definition) is 3. The molecule has 196 valence electrons. The fourth-order valence-corrected chi connectivity index (χ4v) is 4.05. The van der Waals surface area contributed by atoms with Crippen LogP contribution < -0.4 is 24.8 Å². The topological polar surface area (TPSA) is 37.6 Å². The van der Waals surface area contributed by atoms with E-state index in [4.69, 9.17) is 15.0 Å². The Bertz CT molecular complexity index is 1280. The monoisotopic (exact) mass is 575 g/mol. The Kier molecular flexibility index (Phi) is 14.6. The molecule has 37 heavy (non-hydrogen) atoms. The van der Waals surface area contributed by atoms with Gasteiger partial charge in [-0.2, -0.15) is 0 Å². The minimum atomic E-state index is 0. The van der Waals surface area contributed by atoms with Crippen LogP contribution in [0.5, 0.6) is 0 Å². The predicted octanol–water partition coefficient (Wildman–Crippen LogP) is 2.90. The van der Waals surface area contributed by atoms with Crippen LogP contribution in [0.25, 0.3) is 12.2 Å². The van der Waals surface area contributed by atoms with E-state index < -0.39 is 0 Å². The summed E-state index contributed by atoms with van der Waals surface area (Å²) in [5.74, 6) is 0.696. The van der Waals surface area contributed by atoms with Crippen LogP contribution in [0, 0.1) is 0 Å². The van der Waals surface area contributed by atoms with Gasteiger partial charge in [0.25, 0.3) is 0 Å². The number of rotatable bonds is 8. The summed E-state index contributed by atoms with van der Waals surface area (Å²) < 4.78 is 0. The predicted molar refractivity (Wildman–Crippen MR) is 149 cm³/mol. The van der Waals surface area contributed by atoms with Crippen LogP contribution in [0.15, 0.2) is 77.7 Å². The second kappa shape index (κ2) is 15.7. The standard InChI is InChI=1S/C31H35N3.2ClH.Fe/c1-9-24-13-11-14-26(19-24)32-22(7)28-15-12-16-29(34-28)23(8)33-31-27(20(3)4)18-17-25(10-2)30(31)21(5)6;;;/h9-21H,1-2H2,3-8H3;2*1H;/q;;;+2/p-2/b32-22+,33-23+;;;. The molecule has 0 radical (unpaired) electrons. The summed E-state index contributed by atoms with van der Waals surface area (Å²) in [4.78, 5) is 14.8. The van der Waals surface area contributed by atoms with E-state index in [2.05, 4.69) is 53.0 Å². The Morgan fingerprint density at radius 1 is 0.784 bits per heavy atom. The maximum Gasteiger partial charge on any atom is 2.00 e. The maximum absolute atomic E-state index is 5.14. The molecular formula is C31H35Cl2FeN3. The quantitative estimate of drug-likeness (QED) is 0.301. The molecule has 3 nitrogen and oxygen atoms in total. The van der Waals surface area contributed by atoms with Crippen LogP contribution in [0.4, 0.5) is 11.4 Å². The Balaban J connectivity index is 0.00000432. The van der Waals surface area contributed by atoms with Crippen molar-refractivity contribution in [1.29, 1.82) is 0 Å². The summed E-state index contributed by atoms with van der Waals surface area (Å²) in [6, 6.07) is 18.4. The summed E-state index contributed by atoms with van der Waals surface area (Å²) in [6.45, 7) is 20.7. The Hall–Kier alpha value is -2.49. The molecule has 2 aromatic carbocycles. The van der Waals surface area contributed by atoms with Gasteiger partial charge in [-0.3, -0.25) is 9.98 Å². The first kappa shape index (κ1) is 34.5. The second-order valence-corrected chi connectivity index (χ2v) is 9.12. The van der Waals surface area contributed by atoms with Crippen molar-refractivity contribution in [3.63, 3.8) is 0 Å². The summed E-state index contributed by atoms with van der Waals surface area (Å²) in [7, 11) is 0. The van der Waals surface area contributed by atoms with Gasteiger partial charge in [0.15, 0.2) is 0 Å². The van der Waals surface area contributed by atoms with Crippen molar-refractivity contribution >= 4 is 35.0 Å². The molecule has 0 unspecified atom stereocenters. The minimum Gasteiger partial charge on any atom is -1.00 e. The molecule has 0 saturated carbocycles. The minimum absolute atomic E-state index is 0. The zero-order valence-electron chi connectivity index (χ0n) is 22.4. The van der Waals surface area contributed by atoms with Crippen LogP contribution in [-0.4, -0.2) is 16.4 Å². The van der Waals surface area contributed by atoms with Crippen molar-refractivity contribution in [2.75, 3.05) is 0 Å². The van der Waals surface area contributed by atoms with Crippen LogP contribution >= 0.6 is 0 Å². The first-order valence-corrected chi connectivity index (χ1v) is 11.8. The molecule has 0 aliphatic rings. The van der Waals surface area contributed by atoms with Crippen molar-refractivity contribution in [3.8, 4) is 0 Å². The largest absolute Gasteiger partial charge is 2.00 e. The van der Waals surface area contributed by atoms with Crippen molar-refractivity contribution in [1.82, 2.24) is 4.98 Å². The van der Waals surface area contributed by atoms with Crippen molar-refractivity contribution < 1.29 is 41.9 Å². The zero-order chi connectivity index (χ0) is 24.8. The molecule has 0 N–H and O–H groups in total. The summed E-state index contributed by atoms with van der Waals surface area (Å²) in [5, 5.41) is 0. The van der Waals surface area contributed by atoms with Gasteiger partial charge in [-0.15, -0.1) is 0 Å². The molecule has 0 aliphatic heterocycles. The zero-order valence-corrected chi connectivity index (χ0v) is 25.0. The van der Waals surface area contributed by atoms with Crippen molar-refractivity contribution in [2.24, 2.45) is 9.98 Å². The van der Waals surface area contributed by atoms with E-state index in [0.717, 1.165) is 45.3 Å². The molecule has 6 heteroatoms. The number of hydrogen-bond donors (Lipinski definition) is 0. The molecule has 0 saturated heterocycles. The molecule has 0 amide bonds. The molecule has 0 aliphatic carbocycles. The third-order valence-corrected chi connectivity index (χ3v) is 5.87. The van der Waals surface area contributed by atoms with Gasteiger partial charge in [-0.05, 0) is 72.2 Å². The summed E-state index contributed by atoms with van der Waals surface area (Å²) in [5.41, 5.74) is 10.0. The maximum atomic E-state index is 5.14. The Morgan fingerprint density at radius 3 is 1.92 bits per heavy atom. The van der Waals surface area contributed by atoms with Crippen molar-refractivity contribution in [3.05, 3.63) is 101 Å².